The summed E-state index contributed by atoms with van der Waals surface area (Å²) in [5.41, 5.74) is 2.51. The Morgan fingerprint density at radius 3 is 2.84 bits per heavy atom. The van der Waals surface area contributed by atoms with Gasteiger partial charge in [0.2, 0.25) is 0 Å². The molecule has 1 aromatic heterocycles. The van der Waals surface area contributed by atoms with Crippen LogP contribution in [-0.4, -0.2) is 21.7 Å². The molecule has 3 rings (SSSR count). The van der Waals surface area contributed by atoms with Crippen LogP contribution in [0.15, 0.2) is 24.4 Å². The second-order valence-electron chi connectivity index (χ2n) is 6.00. The van der Waals surface area contributed by atoms with Crippen LogP contribution in [0, 0.1) is 5.82 Å². The zero-order valence-electron chi connectivity index (χ0n) is 13.5. The first-order valence-corrected chi connectivity index (χ1v) is 8.18. The Labute approximate surface area is 148 Å². The predicted octanol–water partition coefficient (Wildman–Crippen LogP) is 3.71. The van der Waals surface area contributed by atoms with E-state index in [-0.39, 0.29) is 17.0 Å². The van der Waals surface area contributed by atoms with Gasteiger partial charge in [-0.3, -0.25) is 4.79 Å². The Balaban J connectivity index is 1.89. The first kappa shape index (κ1) is 17.3. The molecule has 0 radical (unpaired) electrons. The summed E-state index contributed by atoms with van der Waals surface area (Å²) in [5, 5.41) is 14.1. The van der Waals surface area contributed by atoms with Crippen molar-refractivity contribution in [2.75, 3.05) is 5.32 Å². The van der Waals surface area contributed by atoms with Gasteiger partial charge in [0, 0.05) is 18.9 Å². The summed E-state index contributed by atoms with van der Waals surface area (Å²) in [5.74, 6) is -0.902. The number of hydrogen-bond acceptors (Lipinski definition) is 2. The minimum Gasteiger partial charge on any atom is -0.465 e. The molecule has 1 aromatic carbocycles. The van der Waals surface area contributed by atoms with Crippen molar-refractivity contribution in [1.82, 2.24) is 9.88 Å². The van der Waals surface area contributed by atoms with Gasteiger partial charge in [-0.1, -0.05) is 11.6 Å². The van der Waals surface area contributed by atoms with Gasteiger partial charge in [-0.2, -0.15) is 0 Å². The third-order valence-electron chi connectivity index (χ3n) is 4.30. The zero-order chi connectivity index (χ0) is 18.1. The SMILES string of the molecule is Cn1cc2c(c1C(=O)Nc1ccc(F)c(Cl)c1)CCCC2NC(=O)O. The summed E-state index contributed by atoms with van der Waals surface area (Å²) in [6.07, 6.45) is 2.86. The van der Waals surface area contributed by atoms with E-state index in [1.165, 1.54) is 18.2 Å². The van der Waals surface area contributed by atoms with E-state index < -0.39 is 11.9 Å². The van der Waals surface area contributed by atoms with Gasteiger partial charge < -0.3 is 20.3 Å². The first-order valence-electron chi connectivity index (χ1n) is 7.80. The van der Waals surface area contributed by atoms with Crippen molar-refractivity contribution >= 4 is 29.3 Å². The molecule has 0 bridgehead atoms. The fourth-order valence-electron chi connectivity index (χ4n) is 3.26. The third kappa shape index (κ3) is 3.46. The molecular weight excluding hydrogens is 349 g/mol. The Bertz CT molecular complexity index is 850. The van der Waals surface area contributed by atoms with E-state index in [9.17, 15) is 14.0 Å². The number of rotatable bonds is 3. The highest BCUT2D eigenvalue weighted by Gasteiger charge is 2.29. The number of carbonyl (C=O) groups is 2. The van der Waals surface area contributed by atoms with E-state index in [0.29, 0.717) is 24.2 Å². The molecule has 1 atom stereocenters. The molecule has 132 valence electrons. The molecule has 1 unspecified atom stereocenters. The number of hydrogen-bond donors (Lipinski definition) is 3. The smallest absolute Gasteiger partial charge is 0.405 e. The lowest BCUT2D eigenvalue weighted by Crippen LogP contribution is -2.29. The van der Waals surface area contributed by atoms with Gasteiger partial charge in [-0.15, -0.1) is 0 Å². The highest BCUT2D eigenvalue weighted by molar-refractivity contribution is 6.31. The third-order valence-corrected chi connectivity index (χ3v) is 4.59. The van der Waals surface area contributed by atoms with Gasteiger partial charge in [-0.25, -0.2) is 9.18 Å². The monoisotopic (exact) mass is 365 g/mol. The second-order valence-corrected chi connectivity index (χ2v) is 6.41. The summed E-state index contributed by atoms with van der Waals surface area (Å²) < 4.78 is 14.9. The lowest BCUT2D eigenvalue weighted by atomic mass is 9.89. The topological polar surface area (TPSA) is 83.4 Å². The van der Waals surface area contributed by atoms with Crippen molar-refractivity contribution in [3.63, 3.8) is 0 Å². The zero-order valence-corrected chi connectivity index (χ0v) is 14.2. The highest BCUT2D eigenvalue weighted by atomic mass is 35.5. The molecule has 2 amide bonds. The lowest BCUT2D eigenvalue weighted by molar-refractivity contribution is 0.101. The van der Waals surface area contributed by atoms with E-state index in [4.69, 9.17) is 16.7 Å². The summed E-state index contributed by atoms with van der Waals surface area (Å²) >= 11 is 5.74. The number of aryl methyl sites for hydroxylation is 1. The number of halogens is 2. The number of amides is 2. The second kappa shape index (κ2) is 6.76. The minimum absolute atomic E-state index is 0.0718. The van der Waals surface area contributed by atoms with E-state index in [1.54, 1.807) is 17.8 Å². The number of anilines is 1. The molecule has 0 spiro atoms. The number of carbonyl (C=O) groups excluding carboxylic acids is 1. The van der Waals surface area contributed by atoms with Crippen LogP contribution in [-0.2, 0) is 13.5 Å². The molecule has 0 aliphatic heterocycles. The number of carboxylic acid groups (broad SMARTS) is 1. The summed E-state index contributed by atoms with van der Waals surface area (Å²) in [6, 6.07) is 3.64. The van der Waals surface area contributed by atoms with E-state index in [1.807, 2.05) is 0 Å². The fourth-order valence-corrected chi connectivity index (χ4v) is 3.44. The standard InChI is InChI=1S/C17H17ClFN3O3/c1-22-8-11-10(3-2-4-14(11)21-17(24)25)15(22)16(23)20-9-5-6-13(19)12(18)7-9/h5-8,14,21H,2-4H2,1H3,(H,20,23)(H,24,25). The molecule has 0 fully saturated rings. The van der Waals surface area contributed by atoms with Gasteiger partial charge >= 0.3 is 6.09 Å². The maximum Gasteiger partial charge on any atom is 0.405 e. The molecule has 6 nitrogen and oxygen atoms in total. The van der Waals surface area contributed by atoms with Crippen molar-refractivity contribution < 1.29 is 19.1 Å². The maximum absolute atomic E-state index is 13.2. The van der Waals surface area contributed by atoms with Gasteiger partial charge in [0.1, 0.15) is 11.5 Å². The number of nitrogens with one attached hydrogen (secondary N) is 2. The molecule has 8 heteroatoms. The fraction of sp³-hybridized carbons (Fsp3) is 0.294. The van der Waals surface area contributed by atoms with Crippen molar-refractivity contribution in [3.05, 3.63) is 52.1 Å². The molecule has 1 aliphatic rings. The Kier molecular flexibility index (Phi) is 4.67. The maximum atomic E-state index is 13.2. The van der Waals surface area contributed by atoms with E-state index >= 15 is 0 Å². The predicted molar refractivity (Wildman–Crippen MR) is 91.6 cm³/mol. The van der Waals surface area contributed by atoms with Crippen LogP contribution in [0.5, 0.6) is 0 Å². The number of aromatic nitrogens is 1. The van der Waals surface area contributed by atoms with Crippen LogP contribution < -0.4 is 10.6 Å². The first-order chi connectivity index (χ1) is 11.9. The molecule has 3 N–H and O–H groups in total. The van der Waals surface area contributed by atoms with Crippen LogP contribution in [0.4, 0.5) is 14.9 Å². The van der Waals surface area contributed by atoms with Crippen LogP contribution in [0.25, 0.3) is 0 Å². The normalized spacial score (nSPS) is 16.2. The molecule has 2 aromatic rings. The van der Waals surface area contributed by atoms with Gasteiger partial charge in [0.25, 0.3) is 5.91 Å². The van der Waals surface area contributed by atoms with E-state index in [2.05, 4.69) is 10.6 Å². The van der Waals surface area contributed by atoms with Crippen LogP contribution in [0.1, 0.15) is 40.5 Å². The molecule has 25 heavy (non-hydrogen) atoms. The molecule has 1 heterocycles. The van der Waals surface area contributed by atoms with Crippen molar-refractivity contribution in [2.24, 2.45) is 7.05 Å². The van der Waals surface area contributed by atoms with Gasteiger partial charge in [0.15, 0.2) is 0 Å². The van der Waals surface area contributed by atoms with Gasteiger partial charge in [0.05, 0.1) is 11.1 Å². The molecule has 0 saturated carbocycles. The van der Waals surface area contributed by atoms with Gasteiger partial charge in [-0.05, 0) is 48.6 Å². The molecular formula is C17H17ClFN3O3. The number of benzene rings is 1. The average Bonchev–Trinajstić information content (AvgIpc) is 2.87. The summed E-state index contributed by atoms with van der Waals surface area (Å²) in [6.45, 7) is 0. The minimum atomic E-state index is -1.09. The highest BCUT2D eigenvalue weighted by Crippen LogP contribution is 2.33. The Hall–Kier alpha value is -2.54. The average molecular weight is 366 g/mol. The molecule has 0 saturated heterocycles. The van der Waals surface area contributed by atoms with Crippen molar-refractivity contribution in [2.45, 2.75) is 25.3 Å². The van der Waals surface area contributed by atoms with Crippen LogP contribution >= 0.6 is 11.6 Å². The quantitative estimate of drug-likeness (QED) is 0.775. The number of fused-ring (bicyclic) bond motifs is 1. The summed E-state index contributed by atoms with van der Waals surface area (Å²) in [4.78, 5) is 23.7. The number of nitrogens with zero attached hydrogens (tertiary/aromatic N) is 1. The van der Waals surface area contributed by atoms with Crippen molar-refractivity contribution in [3.8, 4) is 0 Å². The lowest BCUT2D eigenvalue weighted by Gasteiger charge is -2.22. The largest absolute Gasteiger partial charge is 0.465 e. The van der Waals surface area contributed by atoms with Crippen LogP contribution in [0.2, 0.25) is 5.02 Å². The molecule has 1 aliphatic carbocycles. The Morgan fingerprint density at radius 1 is 1.40 bits per heavy atom. The van der Waals surface area contributed by atoms with E-state index in [0.717, 1.165) is 17.5 Å². The van der Waals surface area contributed by atoms with Crippen molar-refractivity contribution in [1.29, 1.82) is 0 Å². The van der Waals surface area contributed by atoms with Crippen LogP contribution in [0.3, 0.4) is 0 Å². The summed E-state index contributed by atoms with van der Waals surface area (Å²) in [7, 11) is 1.74. The Morgan fingerprint density at radius 2 is 2.16 bits per heavy atom.